The molecular weight excluding hydrogens is 447 g/mol. The smallest absolute Gasteiger partial charge is 0.194 e. The lowest BCUT2D eigenvalue weighted by atomic mass is 10.0. The third-order valence-electron chi connectivity index (χ3n) is 4.71. The molecule has 0 atom stereocenters. The van der Waals surface area contributed by atoms with Gasteiger partial charge in [-0.3, -0.25) is 9.59 Å². The van der Waals surface area contributed by atoms with E-state index in [-0.39, 0.29) is 11.6 Å². The number of carbonyl (C=O) groups excluding carboxylic acids is 2. The van der Waals surface area contributed by atoms with Gasteiger partial charge in [0.1, 0.15) is 0 Å². The van der Waals surface area contributed by atoms with Crippen LogP contribution in [0.2, 0.25) is 10.0 Å². The van der Waals surface area contributed by atoms with E-state index in [0.29, 0.717) is 32.3 Å². The Balaban J connectivity index is 1.46. The molecule has 0 N–H and O–H groups in total. The minimum atomic E-state index is -0.107. The highest BCUT2D eigenvalue weighted by Gasteiger charge is 2.14. The first-order valence-corrected chi connectivity index (χ1v) is 11.1. The fourth-order valence-corrected chi connectivity index (χ4v) is 4.35. The zero-order valence-corrected chi connectivity index (χ0v) is 18.5. The molecule has 0 unspecified atom stereocenters. The fraction of sp³-hybridized carbons (Fsp3) is 0. The van der Waals surface area contributed by atoms with Crippen molar-refractivity contribution in [3.05, 3.63) is 129 Å². The summed E-state index contributed by atoms with van der Waals surface area (Å²) in [7, 11) is 0. The minimum absolute atomic E-state index is 0.107. The van der Waals surface area contributed by atoms with Crippen LogP contribution in [0.4, 0.5) is 0 Å². The Morgan fingerprint density at radius 2 is 0.871 bits per heavy atom. The van der Waals surface area contributed by atoms with Gasteiger partial charge in [-0.1, -0.05) is 59.2 Å². The topological polar surface area (TPSA) is 34.1 Å². The molecule has 0 fully saturated rings. The van der Waals surface area contributed by atoms with Gasteiger partial charge in [-0.15, -0.1) is 0 Å². The highest BCUT2D eigenvalue weighted by molar-refractivity contribution is 7.99. The molecule has 0 aromatic heterocycles. The molecule has 0 spiro atoms. The van der Waals surface area contributed by atoms with E-state index in [9.17, 15) is 9.59 Å². The van der Waals surface area contributed by atoms with Crippen LogP contribution in [0.25, 0.3) is 0 Å². The molecule has 0 aliphatic rings. The van der Waals surface area contributed by atoms with Gasteiger partial charge in [0, 0.05) is 32.0 Å². The predicted molar refractivity (Wildman–Crippen MR) is 127 cm³/mol. The van der Waals surface area contributed by atoms with Crippen molar-refractivity contribution >= 4 is 46.5 Å². The van der Waals surface area contributed by atoms with Gasteiger partial charge >= 0.3 is 0 Å². The summed E-state index contributed by atoms with van der Waals surface area (Å²) in [5.41, 5.74) is 2.14. The van der Waals surface area contributed by atoms with Crippen LogP contribution >= 0.6 is 35.0 Å². The second-order valence-electron chi connectivity index (χ2n) is 6.77. The molecule has 0 radical (unpaired) electrons. The Bertz CT molecular complexity index is 1150. The van der Waals surface area contributed by atoms with E-state index in [2.05, 4.69) is 0 Å². The monoisotopic (exact) mass is 462 g/mol. The second-order valence-corrected chi connectivity index (χ2v) is 8.73. The molecule has 0 heterocycles. The SMILES string of the molecule is O=C(c1ccc(Sc2ccc(C(=O)c3ccccc3Cl)cc2)cc1)c1ccccc1Cl. The van der Waals surface area contributed by atoms with Crippen LogP contribution in [0.5, 0.6) is 0 Å². The maximum atomic E-state index is 12.6. The zero-order valence-electron chi connectivity index (χ0n) is 16.2. The lowest BCUT2D eigenvalue weighted by molar-refractivity contribution is 0.103. The van der Waals surface area contributed by atoms with E-state index >= 15 is 0 Å². The lowest BCUT2D eigenvalue weighted by Gasteiger charge is -2.07. The largest absolute Gasteiger partial charge is 0.289 e. The first-order chi connectivity index (χ1) is 15.0. The average Bonchev–Trinajstić information content (AvgIpc) is 2.80. The molecule has 0 saturated heterocycles. The van der Waals surface area contributed by atoms with Crippen molar-refractivity contribution in [2.75, 3.05) is 0 Å². The molecule has 0 saturated carbocycles. The van der Waals surface area contributed by atoms with E-state index in [0.717, 1.165) is 9.79 Å². The minimum Gasteiger partial charge on any atom is -0.289 e. The standard InChI is InChI=1S/C26H16Cl2O2S/c27-23-7-3-1-5-21(23)25(29)17-9-13-19(14-10-17)31-20-15-11-18(12-16-20)26(30)22-6-2-4-8-24(22)28/h1-16H. The summed E-state index contributed by atoms with van der Waals surface area (Å²) in [5, 5.41) is 0.884. The van der Waals surface area contributed by atoms with Crippen molar-refractivity contribution in [2.45, 2.75) is 9.79 Å². The van der Waals surface area contributed by atoms with E-state index in [1.165, 1.54) is 0 Å². The number of ketones is 2. The van der Waals surface area contributed by atoms with Gasteiger partial charge < -0.3 is 0 Å². The first kappa shape index (κ1) is 21.4. The van der Waals surface area contributed by atoms with Crippen molar-refractivity contribution in [3.63, 3.8) is 0 Å². The number of hydrogen-bond acceptors (Lipinski definition) is 3. The van der Waals surface area contributed by atoms with Gasteiger partial charge in [0.25, 0.3) is 0 Å². The molecule has 0 bridgehead atoms. The zero-order chi connectivity index (χ0) is 21.8. The summed E-state index contributed by atoms with van der Waals surface area (Å²) in [4.78, 5) is 27.3. The van der Waals surface area contributed by atoms with E-state index in [1.807, 2.05) is 24.3 Å². The van der Waals surface area contributed by atoms with Gasteiger partial charge in [-0.25, -0.2) is 0 Å². The van der Waals surface area contributed by atoms with Crippen LogP contribution in [0.3, 0.4) is 0 Å². The third-order valence-corrected chi connectivity index (χ3v) is 6.38. The molecule has 4 aromatic rings. The van der Waals surface area contributed by atoms with Crippen molar-refractivity contribution in [2.24, 2.45) is 0 Å². The number of halogens is 2. The van der Waals surface area contributed by atoms with Crippen molar-refractivity contribution in [1.29, 1.82) is 0 Å². The lowest BCUT2D eigenvalue weighted by Crippen LogP contribution is -2.02. The van der Waals surface area contributed by atoms with Gasteiger partial charge in [0.05, 0.1) is 10.0 Å². The molecule has 0 aliphatic carbocycles. The molecule has 4 aromatic carbocycles. The predicted octanol–water partition coefficient (Wildman–Crippen LogP) is 7.61. The average molecular weight is 463 g/mol. The van der Waals surface area contributed by atoms with Gasteiger partial charge in [0.2, 0.25) is 0 Å². The summed E-state index contributed by atoms with van der Waals surface area (Å²) in [6.45, 7) is 0. The molecule has 2 nitrogen and oxygen atoms in total. The Hall–Kier alpha value is -2.85. The number of hydrogen-bond donors (Lipinski definition) is 0. The molecule has 4 rings (SSSR count). The summed E-state index contributed by atoms with van der Waals surface area (Å²) in [5.74, 6) is -0.214. The Morgan fingerprint density at radius 3 is 1.23 bits per heavy atom. The van der Waals surface area contributed by atoms with Gasteiger partial charge in [-0.2, -0.15) is 0 Å². The number of benzene rings is 4. The quantitative estimate of drug-likeness (QED) is 0.276. The number of rotatable bonds is 6. The third kappa shape index (κ3) is 4.91. The summed E-state index contributed by atoms with van der Waals surface area (Å²) in [6, 6.07) is 28.8. The molecular formula is C26H16Cl2O2S. The van der Waals surface area contributed by atoms with Crippen LogP contribution in [-0.4, -0.2) is 11.6 Å². The first-order valence-electron chi connectivity index (χ1n) is 9.49. The number of carbonyl (C=O) groups is 2. The maximum absolute atomic E-state index is 12.6. The Labute approximate surface area is 194 Å². The molecule has 0 amide bonds. The maximum Gasteiger partial charge on any atom is 0.194 e. The highest BCUT2D eigenvalue weighted by Crippen LogP contribution is 2.29. The van der Waals surface area contributed by atoms with Crippen LogP contribution in [0, 0.1) is 0 Å². The van der Waals surface area contributed by atoms with Crippen molar-refractivity contribution in [1.82, 2.24) is 0 Å². The van der Waals surface area contributed by atoms with Crippen LogP contribution < -0.4 is 0 Å². The van der Waals surface area contributed by atoms with Crippen molar-refractivity contribution in [3.8, 4) is 0 Å². The van der Waals surface area contributed by atoms with E-state index in [4.69, 9.17) is 23.2 Å². The molecule has 152 valence electrons. The van der Waals surface area contributed by atoms with Crippen molar-refractivity contribution < 1.29 is 9.59 Å². The highest BCUT2D eigenvalue weighted by atomic mass is 35.5. The summed E-state index contributed by atoms with van der Waals surface area (Å²) >= 11 is 13.8. The normalized spacial score (nSPS) is 10.6. The summed E-state index contributed by atoms with van der Waals surface area (Å²) < 4.78 is 0. The van der Waals surface area contributed by atoms with E-state index in [1.54, 1.807) is 84.6 Å². The molecule has 31 heavy (non-hydrogen) atoms. The Morgan fingerprint density at radius 1 is 0.516 bits per heavy atom. The molecule has 0 aliphatic heterocycles. The van der Waals surface area contributed by atoms with Gasteiger partial charge in [0.15, 0.2) is 11.6 Å². The Kier molecular flexibility index (Phi) is 6.57. The van der Waals surface area contributed by atoms with Crippen LogP contribution in [-0.2, 0) is 0 Å². The fourth-order valence-electron chi connectivity index (χ4n) is 3.09. The second kappa shape index (κ2) is 9.52. The van der Waals surface area contributed by atoms with Crippen LogP contribution in [0.1, 0.15) is 31.8 Å². The summed E-state index contributed by atoms with van der Waals surface area (Å²) in [6.07, 6.45) is 0. The molecule has 5 heteroatoms. The van der Waals surface area contributed by atoms with Gasteiger partial charge in [-0.05, 0) is 72.8 Å². The van der Waals surface area contributed by atoms with E-state index < -0.39 is 0 Å². The van der Waals surface area contributed by atoms with Crippen LogP contribution in [0.15, 0.2) is 107 Å².